The van der Waals surface area contributed by atoms with Gasteiger partial charge in [0.05, 0.1) is 30.3 Å². The van der Waals surface area contributed by atoms with Gasteiger partial charge >= 0.3 is 12.1 Å². The van der Waals surface area contributed by atoms with E-state index in [2.05, 4.69) is 24.3 Å². The number of ether oxygens (including phenoxy) is 2. The summed E-state index contributed by atoms with van der Waals surface area (Å²) in [4.78, 5) is 55.7. The van der Waals surface area contributed by atoms with Crippen LogP contribution in [0, 0.1) is 0 Å². The Morgan fingerprint density at radius 1 is 0.757 bits per heavy atom. The first-order valence-electron chi connectivity index (χ1n) is 11.9. The monoisotopic (exact) mass is 498 g/mol. The third kappa shape index (κ3) is 4.03. The summed E-state index contributed by atoms with van der Waals surface area (Å²) in [6, 6.07) is 22.5. The van der Waals surface area contributed by atoms with Crippen molar-refractivity contribution in [3.8, 4) is 11.1 Å². The number of hydrogen-bond donors (Lipinski definition) is 0. The average molecular weight is 498 g/mol. The largest absolute Gasteiger partial charge is 0.448 e. The summed E-state index contributed by atoms with van der Waals surface area (Å²) < 4.78 is 11.1. The maximum Gasteiger partial charge on any atom is 0.409 e. The van der Waals surface area contributed by atoms with Crippen LogP contribution in [0.3, 0.4) is 0 Å². The van der Waals surface area contributed by atoms with Crippen molar-refractivity contribution in [3.05, 3.63) is 95.1 Å². The van der Waals surface area contributed by atoms with Crippen LogP contribution in [-0.4, -0.2) is 66.2 Å². The second kappa shape index (κ2) is 9.18. The summed E-state index contributed by atoms with van der Waals surface area (Å²) >= 11 is 0. The number of imide groups is 1. The Bertz CT molecular complexity index is 1350. The van der Waals surface area contributed by atoms with Crippen LogP contribution in [-0.2, 0) is 19.1 Å². The number of nitrogens with zero attached hydrogens (tertiary/aromatic N) is 2. The fraction of sp³-hybridized carbons (Fsp3) is 0.214. The summed E-state index contributed by atoms with van der Waals surface area (Å²) in [5.74, 6) is -2.30. The van der Waals surface area contributed by atoms with E-state index in [1.54, 1.807) is 12.1 Å². The smallest absolute Gasteiger partial charge is 0.409 e. The molecule has 9 nitrogen and oxygen atoms in total. The van der Waals surface area contributed by atoms with E-state index in [1.807, 2.05) is 24.3 Å². The number of rotatable bonds is 6. The molecule has 37 heavy (non-hydrogen) atoms. The van der Waals surface area contributed by atoms with Gasteiger partial charge in [-0.1, -0.05) is 65.7 Å². The van der Waals surface area contributed by atoms with E-state index in [9.17, 15) is 19.2 Å². The molecule has 2 heterocycles. The molecule has 9 heteroatoms. The molecule has 0 aromatic heterocycles. The SMILES string of the molecule is O=C(COC1CN(C(=O)OCC2c3ccccc3-c3ccccc32)C1)ON1C(=O)c2ccccc2C1=O. The van der Waals surface area contributed by atoms with Crippen LogP contribution in [0.5, 0.6) is 0 Å². The first kappa shape index (κ1) is 22.9. The first-order chi connectivity index (χ1) is 18.0. The van der Waals surface area contributed by atoms with E-state index in [-0.39, 0.29) is 42.8 Å². The molecule has 3 aromatic rings. The number of hydrogen-bond acceptors (Lipinski definition) is 7. The summed E-state index contributed by atoms with van der Waals surface area (Å²) in [6.07, 6.45) is -0.828. The lowest BCUT2D eigenvalue weighted by Gasteiger charge is -2.37. The number of carbonyl (C=O) groups is 4. The number of likely N-dealkylation sites (tertiary alicyclic amines) is 1. The van der Waals surface area contributed by atoms with Gasteiger partial charge in [0.25, 0.3) is 11.8 Å². The fourth-order valence-corrected chi connectivity index (χ4v) is 4.94. The lowest BCUT2D eigenvalue weighted by molar-refractivity contribution is -0.178. The Kier molecular flexibility index (Phi) is 5.69. The lowest BCUT2D eigenvalue weighted by Crippen LogP contribution is -2.55. The van der Waals surface area contributed by atoms with Gasteiger partial charge in [-0.2, -0.15) is 0 Å². The Morgan fingerprint density at radius 3 is 1.84 bits per heavy atom. The van der Waals surface area contributed by atoms with Crippen LogP contribution in [0.1, 0.15) is 37.8 Å². The third-order valence-electron chi connectivity index (χ3n) is 6.83. The molecule has 3 amide bonds. The van der Waals surface area contributed by atoms with E-state index >= 15 is 0 Å². The lowest BCUT2D eigenvalue weighted by atomic mass is 9.98. The van der Waals surface area contributed by atoms with E-state index in [4.69, 9.17) is 14.3 Å². The van der Waals surface area contributed by atoms with Gasteiger partial charge in [-0.15, -0.1) is 0 Å². The third-order valence-corrected chi connectivity index (χ3v) is 6.83. The number of fused-ring (bicyclic) bond motifs is 4. The predicted octanol–water partition coefficient (Wildman–Crippen LogP) is 3.39. The van der Waals surface area contributed by atoms with Crippen LogP contribution < -0.4 is 0 Å². The van der Waals surface area contributed by atoms with Crippen LogP contribution in [0.4, 0.5) is 4.79 Å². The maximum atomic E-state index is 12.6. The van der Waals surface area contributed by atoms with Gasteiger partial charge in [0.15, 0.2) is 0 Å². The molecule has 3 aromatic carbocycles. The number of amides is 3. The molecule has 0 radical (unpaired) electrons. The van der Waals surface area contributed by atoms with Crippen molar-refractivity contribution < 1.29 is 33.5 Å². The quantitative estimate of drug-likeness (QED) is 0.480. The molecule has 6 rings (SSSR count). The molecule has 1 fully saturated rings. The second-order valence-corrected chi connectivity index (χ2v) is 9.06. The van der Waals surface area contributed by atoms with Crippen molar-refractivity contribution in [1.29, 1.82) is 0 Å². The molecule has 0 N–H and O–H groups in total. The molecular formula is C28H22N2O7. The van der Waals surface area contributed by atoms with E-state index in [1.165, 1.54) is 17.0 Å². The average Bonchev–Trinajstić information content (AvgIpc) is 3.34. The predicted molar refractivity (Wildman–Crippen MR) is 129 cm³/mol. The zero-order chi connectivity index (χ0) is 25.5. The molecule has 0 bridgehead atoms. The van der Waals surface area contributed by atoms with Gasteiger partial charge in [-0.25, -0.2) is 9.59 Å². The van der Waals surface area contributed by atoms with Crippen LogP contribution in [0.15, 0.2) is 72.8 Å². The number of carbonyl (C=O) groups excluding carboxylic acids is 4. The zero-order valence-corrected chi connectivity index (χ0v) is 19.7. The minimum absolute atomic E-state index is 0.0263. The molecule has 2 aliphatic heterocycles. The summed E-state index contributed by atoms with van der Waals surface area (Å²) in [5.41, 5.74) is 4.95. The van der Waals surface area contributed by atoms with Crippen molar-refractivity contribution in [2.75, 3.05) is 26.3 Å². The maximum absolute atomic E-state index is 12.6. The minimum Gasteiger partial charge on any atom is -0.448 e. The summed E-state index contributed by atoms with van der Waals surface area (Å²) in [6.45, 7) is 0.284. The Morgan fingerprint density at radius 2 is 1.27 bits per heavy atom. The standard InChI is InChI=1S/C28H22N2O7/c31-25(37-30-26(32)22-11-5-6-12-23(22)27(30)33)16-35-17-13-29(14-17)28(34)36-15-24-20-9-3-1-7-18(20)19-8-2-4-10-21(19)24/h1-12,17,24H,13-16H2. The highest BCUT2D eigenvalue weighted by Crippen LogP contribution is 2.44. The molecular weight excluding hydrogens is 476 g/mol. The van der Waals surface area contributed by atoms with Gasteiger partial charge in [-0.05, 0) is 34.4 Å². The summed E-state index contributed by atoms with van der Waals surface area (Å²) in [5, 5.41) is 0.445. The van der Waals surface area contributed by atoms with Gasteiger partial charge in [0.1, 0.15) is 13.2 Å². The van der Waals surface area contributed by atoms with Crippen molar-refractivity contribution in [3.63, 3.8) is 0 Å². The van der Waals surface area contributed by atoms with Crippen molar-refractivity contribution in [1.82, 2.24) is 9.96 Å². The topological polar surface area (TPSA) is 102 Å². The molecule has 3 aliphatic rings. The highest BCUT2D eigenvalue weighted by atomic mass is 16.7. The molecule has 186 valence electrons. The minimum atomic E-state index is -0.880. The summed E-state index contributed by atoms with van der Waals surface area (Å²) in [7, 11) is 0. The fourth-order valence-electron chi connectivity index (χ4n) is 4.94. The molecule has 1 saturated heterocycles. The zero-order valence-electron chi connectivity index (χ0n) is 19.7. The Labute approximate surface area is 212 Å². The van der Waals surface area contributed by atoms with Crippen LogP contribution in [0.2, 0.25) is 0 Å². The van der Waals surface area contributed by atoms with Gasteiger partial charge in [-0.3, -0.25) is 9.59 Å². The van der Waals surface area contributed by atoms with Crippen LogP contribution >= 0.6 is 0 Å². The molecule has 0 spiro atoms. The second-order valence-electron chi connectivity index (χ2n) is 9.06. The Balaban J connectivity index is 0.963. The molecule has 1 aliphatic carbocycles. The normalized spacial score (nSPS) is 16.2. The van der Waals surface area contributed by atoms with Crippen molar-refractivity contribution in [2.45, 2.75) is 12.0 Å². The van der Waals surface area contributed by atoms with E-state index in [0.29, 0.717) is 5.06 Å². The molecule has 0 unspecified atom stereocenters. The molecule has 0 saturated carbocycles. The first-order valence-corrected chi connectivity index (χ1v) is 11.9. The Hall–Kier alpha value is -4.50. The van der Waals surface area contributed by atoms with Crippen LogP contribution in [0.25, 0.3) is 11.1 Å². The van der Waals surface area contributed by atoms with Gasteiger partial charge in [0, 0.05) is 5.92 Å². The number of hydroxylamine groups is 2. The highest BCUT2D eigenvalue weighted by molar-refractivity contribution is 6.20. The van der Waals surface area contributed by atoms with Crippen molar-refractivity contribution >= 4 is 23.9 Å². The highest BCUT2D eigenvalue weighted by Gasteiger charge is 2.39. The molecule has 0 atom stereocenters. The van der Waals surface area contributed by atoms with E-state index in [0.717, 1.165) is 22.3 Å². The van der Waals surface area contributed by atoms with Gasteiger partial charge in [0.2, 0.25) is 0 Å². The van der Waals surface area contributed by atoms with Crippen molar-refractivity contribution in [2.24, 2.45) is 0 Å². The van der Waals surface area contributed by atoms with E-state index < -0.39 is 30.5 Å². The van der Waals surface area contributed by atoms with Gasteiger partial charge < -0.3 is 19.2 Å². The number of benzene rings is 3.